The molecule has 0 aromatic heterocycles. The summed E-state index contributed by atoms with van der Waals surface area (Å²) in [5.41, 5.74) is 0.170. The summed E-state index contributed by atoms with van der Waals surface area (Å²) in [5, 5.41) is 0. The van der Waals surface area contributed by atoms with Crippen LogP contribution in [0.15, 0.2) is 0 Å². The maximum atomic E-state index is 5.93. The van der Waals surface area contributed by atoms with Gasteiger partial charge in [0.15, 0.2) is 0 Å². The van der Waals surface area contributed by atoms with Crippen LogP contribution in [0.3, 0.4) is 0 Å². The van der Waals surface area contributed by atoms with Crippen molar-refractivity contribution in [3.63, 3.8) is 0 Å². The van der Waals surface area contributed by atoms with E-state index in [-0.39, 0.29) is 5.72 Å². The largest absolute Gasteiger partial charge is 0.359 e. The van der Waals surface area contributed by atoms with E-state index in [4.69, 9.17) is 4.74 Å². The van der Waals surface area contributed by atoms with E-state index in [0.717, 1.165) is 6.61 Å². The molecule has 0 radical (unpaired) electrons. The first-order valence-corrected chi connectivity index (χ1v) is 5.49. The molecule has 2 fully saturated rings. The molecule has 1 heterocycles. The molecular weight excluding hydrogens is 162 g/mol. The van der Waals surface area contributed by atoms with Gasteiger partial charge in [-0.05, 0) is 32.6 Å². The highest BCUT2D eigenvalue weighted by Crippen LogP contribution is 2.50. The highest BCUT2D eigenvalue weighted by molar-refractivity contribution is 5.04. The van der Waals surface area contributed by atoms with E-state index >= 15 is 0 Å². The lowest BCUT2D eigenvalue weighted by Gasteiger charge is -2.33. The standard InChI is InChI=1S/C11H21NO/c1-8(2)10-7-13-11(5-6-11)12(10)9(3)4/h8-10H,5-7H2,1-4H3/t10-/m0/s1. The summed E-state index contributed by atoms with van der Waals surface area (Å²) in [6, 6.07) is 1.26. The number of nitrogens with zero attached hydrogens (tertiary/aromatic N) is 1. The second-order valence-electron chi connectivity index (χ2n) is 5.07. The minimum Gasteiger partial charge on any atom is -0.359 e. The molecular formula is C11H21NO. The van der Waals surface area contributed by atoms with Gasteiger partial charge in [-0.2, -0.15) is 0 Å². The van der Waals surface area contributed by atoms with E-state index in [2.05, 4.69) is 32.6 Å². The van der Waals surface area contributed by atoms with Crippen molar-refractivity contribution < 1.29 is 4.74 Å². The molecule has 1 spiro atoms. The van der Waals surface area contributed by atoms with Crippen molar-refractivity contribution in [2.45, 2.75) is 58.3 Å². The number of rotatable bonds is 2. The van der Waals surface area contributed by atoms with Crippen LogP contribution in [0.5, 0.6) is 0 Å². The Hall–Kier alpha value is -0.0800. The zero-order valence-electron chi connectivity index (χ0n) is 9.21. The summed E-state index contributed by atoms with van der Waals surface area (Å²) in [6.45, 7) is 10.1. The maximum absolute atomic E-state index is 5.93. The van der Waals surface area contributed by atoms with Crippen LogP contribution in [0.4, 0.5) is 0 Å². The van der Waals surface area contributed by atoms with Gasteiger partial charge in [-0.25, -0.2) is 0 Å². The average molecular weight is 183 g/mol. The Bertz CT molecular complexity index is 196. The molecule has 2 rings (SSSR count). The monoisotopic (exact) mass is 183 g/mol. The zero-order valence-corrected chi connectivity index (χ0v) is 9.21. The Morgan fingerprint density at radius 2 is 1.85 bits per heavy atom. The van der Waals surface area contributed by atoms with Gasteiger partial charge < -0.3 is 4.74 Å². The van der Waals surface area contributed by atoms with Crippen LogP contribution >= 0.6 is 0 Å². The molecule has 0 N–H and O–H groups in total. The normalized spacial score (nSPS) is 32.3. The molecule has 0 bridgehead atoms. The van der Waals surface area contributed by atoms with Crippen LogP contribution in [0.25, 0.3) is 0 Å². The Morgan fingerprint density at radius 1 is 1.23 bits per heavy atom. The van der Waals surface area contributed by atoms with Gasteiger partial charge in [-0.1, -0.05) is 13.8 Å². The Morgan fingerprint density at radius 3 is 2.23 bits per heavy atom. The lowest BCUT2D eigenvalue weighted by Crippen LogP contribution is -2.45. The van der Waals surface area contributed by atoms with Gasteiger partial charge in [-0.15, -0.1) is 0 Å². The minimum absolute atomic E-state index is 0.170. The van der Waals surface area contributed by atoms with Crippen LogP contribution < -0.4 is 0 Å². The molecule has 0 aromatic rings. The molecule has 2 nitrogen and oxygen atoms in total. The third-order valence-corrected chi connectivity index (χ3v) is 3.35. The van der Waals surface area contributed by atoms with Crippen molar-refractivity contribution in [1.82, 2.24) is 4.90 Å². The van der Waals surface area contributed by atoms with Crippen LogP contribution in [0.2, 0.25) is 0 Å². The van der Waals surface area contributed by atoms with E-state index in [0.29, 0.717) is 18.0 Å². The van der Waals surface area contributed by atoms with Gasteiger partial charge in [0.25, 0.3) is 0 Å². The summed E-state index contributed by atoms with van der Waals surface area (Å²) in [7, 11) is 0. The molecule has 0 amide bonds. The lowest BCUT2D eigenvalue weighted by atomic mass is 10.0. The van der Waals surface area contributed by atoms with Gasteiger partial charge >= 0.3 is 0 Å². The molecule has 1 aliphatic heterocycles. The van der Waals surface area contributed by atoms with Crippen molar-refractivity contribution in [3.05, 3.63) is 0 Å². The quantitative estimate of drug-likeness (QED) is 0.651. The Balaban J connectivity index is 2.14. The first kappa shape index (κ1) is 9.47. The molecule has 1 aliphatic carbocycles. The highest BCUT2D eigenvalue weighted by atomic mass is 16.5. The van der Waals surface area contributed by atoms with Crippen molar-refractivity contribution in [2.24, 2.45) is 5.92 Å². The van der Waals surface area contributed by atoms with Gasteiger partial charge in [0.05, 0.1) is 6.61 Å². The third kappa shape index (κ3) is 1.40. The molecule has 76 valence electrons. The van der Waals surface area contributed by atoms with Crippen molar-refractivity contribution in [2.75, 3.05) is 6.61 Å². The zero-order chi connectivity index (χ0) is 9.64. The molecule has 1 atom stereocenters. The fourth-order valence-electron chi connectivity index (χ4n) is 2.57. The van der Waals surface area contributed by atoms with Gasteiger partial charge in [0, 0.05) is 12.1 Å². The van der Waals surface area contributed by atoms with E-state index in [1.807, 2.05) is 0 Å². The highest BCUT2D eigenvalue weighted by Gasteiger charge is 2.57. The van der Waals surface area contributed by atoms with Crippen molar-refractivity contribution in [3.8, 4) is 0 Å². The SMILES string of the molecule is CC(C)[C@@H]1COC2(CC2)N1C(C)C. The first-order chi connectivity index (χ1) is 6.07. The molecule has 0 aromatic carbocycles. The van der Waals surface area contributed by atoms with Crippen LogP contribution in [0.1, 0.15) is 40.5 Å². The summed E-state index contributed by atoms with van der Waals surface area (Å²) in [4.78, 5) is 2.59. The third-order valence-electron chi connectivity index (χ3n) is 3.35. The Kier molecular flexibility index (Phi) is 2.16. The average Bonchev–Trinajstić information content (AvgIpc) is 2.61. The first-order valence-electron chi connectivity index (χ1n) is 5.49. The molecule has 0 unspecified atom stereocenters. The minimum atomic E-state index is 0.170. The number of hydrogen-bond acceptors (Lipinski definition) is 2. The second kappa shape index (κ2) is 2.96. The van der Waals surface area contributed by atoms with Gasteiger partial charge in [0.2, 0.25) is 0 Å². The molecule has 1 saturated heterocycles. The second-order valence-corrected chi connectivity index (χ2v) is 5.07. The van der Waals surface area contributed by atoms with E-state index in [9.17, 15) is 0 Å². The summed E-state index contributed by atoms with van der Waals surface area (Å²) < 4.78 is 5.93. The predicted octanol–water partition coefficient (Wildman–Crippen LogP) is 2.24. The summed E-state index contributed by atoms with van der Waals surface area (Å²) >= 11 is 0. The molecule has 13 heavy (non-hydrogen) atoms. The molecule has 2 heteroatoms. The smallest absolute Gasteiger partial charge is 0.122 e. The van der Waals surface area contributed by atoms with Crippen LogP contribution in [0, 0.1) is 5.92 Å². The maximum Gasteiger partial charge on any atom is 0.122 e. The van der Waals surface area contributed by atoms with Gasteiger partial charge in [0.1, 0.15) is 5.72 Å². The number of ether oxygens (including phenoxy) is 1. The van der Waals surface area contributed by atoms with Crippen molar-refractivity contribution >= 4 is 0 Å². The number of hydrogen-bond donors (Lipinski definition) is 0. The van der Waals surface area contributed by atoms with Crippen molar-refractivity contribution in [1.29, 1.82) is 0 Å². The van der Waals surface area contributed by atoms with E-state index in [1.54, 1.807) is 0 Å². The summed E-state index contributed by atoms with van der Waals surface area (Å²) in [6.07, 6.45) is 2.49. The lowest BCUT2D eigenvalue weighted by molar-refractivity contribution is -0.0133. The Labute approximate surface area is 81.3 Å². The van der Waals surface area contributed by atoms with Gasteiger partial charge in [-0.3, -0.25) is 4.90 Å². The summed E-state index contributed by atoms with van der Waals surface area (Å²) in [5.74, 6) is 0.711. The van der Waals surface area contributed by atoms with E-state index < -0.39 is 0 Å². The van der Waals surface area contributed by atoms with Crippen LogP contribution in [-0.2, 0) is 4.74 Å². The molecule has 2 aliphatic rings. The van der Waals surface area contributed by atoms with Crippen LogP contribution in [-0.4, -0.2) is 29.3 Å². The fraction of sp³-hybridized carbons (Fsp3) is 1.00. The predicted molar refractivity (Wildman–Crippen MR) is 53.5 cm³/mol. The van der Waals surface area contributed by atoms with E-state index in [1.165, 1.54) is 12.8 Å². The fourth-order valence-corrected chi connectivity index (χ4v) is 2.57. The molecule has 1 saturated carbocycles. The topological polar surface area (TPSA) is 12.5 Å².